The van der Waals surface area contributed by atoms with E-state index in [-0.39, 0.29) is 48.6 Å². The zero-order valence-corrected chi connectivity index (χ0v) is 17.2. The van der Waals surface area contributed by atoms with Gasteiger partial charge < -0.3 is 15.5 Å². The van der Waals surface area contributed by atoms with Crippen molar-refractivity contribution in [1.29, 1.82) is 0 Å². The molecule has 2 N–H and O–H groups in total. The van der Waals surface area contributed by atoms with E-state index in [1.165, 1.54) is 6.42 Å². The van der Waals surface area contributed by atoms with E-state index in [0.717, 1.165) is 77.8 Å². The first-order valence-electron chi connectivity index (χ1n) is 9.68. The van der Waals surface area contributed by atoms with Crippen molar-refractivity contribution in [3.05, 3.63) is 0 Å². The molecule has 152 valence electrons. The van der Waals surface area contributed by atoms with E-state index >= 15 is 0 Å². The van der Waals surface area contributed by atoms with Gasteiger partial charge in [-0.25, -0.2) is 0 Å². The van der Waals surface area contributed by atoms with Crippen LogP contribution in [0.4, 0.5) is 0 Å². The van der Waals surface area contributed by atoms with Gasteiger partial charge in [0.05, 0.1) is 6.54 Å². The zero-order chi connectivity index (χ0) is 16.9. The van der Waals surface area contributed by atoms with Crippen LogP contribution in [-0.2, 0) is 9.59 Å². The summed E-state index contributed by atoms with van der Waals surface area (Å²) in [6.07, 6.45) is 7.47. The number of hydrogen-bond acceptors (Lipinski definition) is 4. The Hall–Kier alpha value is -0.560. The van der Waals surface area contributed by atoms with Crippen molar-refractivity contribution < 1.29 is 9.59 Å². The molecule has 0 bridgehead atoms. The van der Waals surface area contributed by atoms with Gasteiger partial charge in [0.15, 0.2) is 0 Å². The van der Waals surface area contributed by atoms with Gasteiger partial charge in [-0.3, -0.25) is 14.5 Å². The second-order valence-electron chi connectivity index (χ2n) is 7.67. The average molecular weight is 409 g/mol. The molecule has 3 rings (SSSR count). The van der Waals surface area contributed by atoms with Crippen molar-refractivity contribution in [3.63, 3.8) is 0 Å². The second kappa shape index (κ2) is 11.3. The van der Waals surface area contributed by atoms with E-state index < -0.39 is 0 Å². The highest BCUT2D eigenvalue weighted by Crippen LogP contribution is 2.25. The summed E-state index contributed by atoms with van der Waals surface area (Å²) in [6, 6.07) is 0.191. The van der Waals surface area contributed by atoms with Crippen molar-refractivity contribution >= 4 is 36.6 Å². The monoisotopic (exact) mass is 408 g/mol. The highest BCUT2D eigenvalue weighted by Gasteiger charge is 2.31. The van der Waals surface area contributed by atoms with Crippen LogP contribution in [0.3, 0.4) is 0 Å². The van der Waals surface area contributed by atoms with Crippen LogP contribution in [0.15, 0.2) is 0 Å². The summed E-state index contributed by atoms with van der Waals surface area (Å²) in [6.45, 7) is 5.46. The number of halogens is 2. The molecule has 2 unspecified atom stereocenters. The molecule has 8 heteroatoms. The van der Waals surface area contributed by atoms with Crippen molar-refractivity contribution in [2.75, 3.05) is 45.8 Å². The maximum atomic E-state index is 12.7. The smallest absolute Gasteiger partial charge is 0.236 e. The minimum atomic E-state index is 0. The predicted molar refractivity (Wildman–Crippen MR) is 108 cm³/mol. The number of carbonyl (C=O) groups excluding carboxylic acids is 2. The summed E-state index contributed by atoms with van der Waals surface area (Å²) in [5.74, 6) is 0.662. The van der Waals surface area contributed by atoms with Crippen LogP contribution < -0.4 is 5.73 Å². The lowest BCUT2D eigenvalue weighted by atomic mass is 9.85. The number of hydrogen-bond donors (Lipinski definition) is 1. The molecule has 0 aromatic heterocycles. The lowest BCUT2D eigenvalue weighted by molar-refractivity contribution is -0.139. The van der Waals surface area contributed by atoms with Crippen LogP contribution >= 0.6 is 24.8 Å². The second-order valence-corrected chi connectivity index (χ2v) is 7.67. The number of piperidine rings is 1. The summed E-state index contributed by atoms with van der Waals surface area (Å²) >= 11 is 0. The molecule has 0 aromatic rings. The van der Waals surface area contributed by atoms with Gasteiger partial charge in [-0.05, 0) is 38.5 Å². The SMILES string of the molecule is Cl.Cl.NC1CCCC(C(=O)N2CCN(CC(=O)N3CCCCC3)CC2)C1. The molecule has 2 heterocycles. The summed E-state index contributed by atoms with van der Waals surface area (Å²) in [5.41, 5.74) is 6.02. The minimum Gasteiger partial charge on any atom is -0.342 e. The Bertz CT molecular complexity index is 452. The average Bonchev–Trinajstić information content (AvgIpc) is 2.62. The third-order valence-corrected chi connectivity index (χ3v) is 5.82. The number of piperazine rings is 1. The Balaban J connectivity index is 0.00000169. The Morgan fingerprint density at radius 3 is 2.08 bits per heavy atom. The predicted octanol–water partition coefficient (Wildman–Crippen LogP) is 1.50. The van der Waals surface area contributed by atoms with Gasteiger partial charge in [-0.15, -0.1) is 24.8 Å². The molecule has 0 aromatic carbocycles. The van der Waals surface area contributed by atoms with Crippen LogP contribution in [0.5, 0.6) is 0 Å². The van der Waals surface area contributed by atoms with Crippen molar-refractivity contribution in [2.45, 2.75) is 51.0 Å². The van der Waals surface area contributed by atoms with E-state index in [2.05, 4.69) is 4.90 Å². The molecular formula is C18H34Cl2N4O2. The molecule has 1 saturated carbocycles. The molecular weight excluding hydrogens is 375 g/mol. The largest absolute Gasteiger partial charge is 0.342 e. The Labute approximate surface area is 169 Å². The number of nitrogens with two attached hydrogens (primary N) is 1. The normalized spacial score (nSPS) is 27.3. The summed E-state index contributed by atoms with van der Waals surface area (Å²) < 4.78 is 0. The summed E-state index contributed by atoms with van der Waals surface area (Å²) in [7, 11) is 0. The van der Waals surface area contributed by atoms with Gasteiger partial charge in [0.25, 0.3) is 0 Å². The summed E-state index contributed by atoms with van der Waals surface area (Å²) in [5, 5.41) is 0. The Kier molecular flexibility index (Phi) is 10.2. The third kappa shape index (κ3) is 6.25. The first-order valence-corrected chi connectivity index (χ1v) is 9.68. The van der Waals surface area contributed by atoms with Gasteiger partial charge in [0.1, 0.15) is 0 Å². The molecule has 2 atom stereocenters. The van der Waals surface area contributed by atoms with Crippen LogP contribution in [0, 0.1) is 5.92 Å². The highest BCUT2D eigenvalue weighted by atomic mass is 35.5. The van der Waals surface area contributed by atoms with Crippen LogP contribution in [0.25, 0.3) is 0 Å². The van der Waals surface area contributed by atoms with Crippen molar-refractivity contribution in [1.82, 2.24) is 14.7 Å². The Morgan fingerprint density at radius 2 is 1.46 bits per heavy atom. The number of likely N-dealkylation sites (tertiary alicyclic amines) is 1. The number of rotatable bonds is 3. The number of nitrogens with zero attached hydrogens (tertiary/aromatic N) is 3. The number of carbonyl (C=O) groups is 2. The fraction of sp³-hybridized carbons (Fsp3) is 0.889. The molecule has 0 spiro atoms. The highest BCUT2D eigenvalue weighted by molar-refractivity contribution is 5.85. The minimum absolute atomic E-state index is 0. The van der Waals surface area contributed by atoms with E-state index in [1.54, 1.807) is 0 Å². The molecule has 6 nitrogen and oxygen atoms in total. The van der Waals surface area contributed by atoms with Gasteiger partial charge in [-0.2, -0.15) is 0 Å². The van der Waals surface area contributed by atoms with Crippen molar-refractivity contribution in [3.8, 4) is 0 Å². The maximum absolute atomic E-state index is 12.7. The van der Waals surface area contributed by atoms with E-state index in [9.17, 15) is 9.59 Å². The lowest BCUT2D eigenvalue weighted by Crippen LogP contribution is -2.53. The zero-order valence-electron chi connectivity index (χ0n) is 15.6. The number of amides is 2. The lowest BCUT2D eigenvalue weighted by Gasteiger charge is -2.38. The fourth-order valence-electron chi connectivity index (χ4n) is 4.27. The molecule has 2 saturated heterocycles. The molecule has 3 fully saturated rings. The van der Waals surface area contributed by atoms with Crippen molar-refractivity contribution in [2.24, 2.45) is 11.7 Å². The molecule has 2 amide bonds. The van der Waals surface area contributed by atoms with Gasteiger partial charge in [0, 0.05) is 51.2 Å². The van der Waals surface area contributed by atoms with E-state index in [1.807, 2.05) is 9.80 Å². The van der Waals surface area contributed by atoms with Gasteiger partial charge >= 0.3 is 0 Å². The first-order chi connectivity index (χ1) is 11.6. The van der Waals surface area contributed by atoms with E-state index in [0.29, 0.717) is 6.54 Å². The van der Waals surface area contributed by atoms with Gasteiger partial charge in [-0.1, -0.05) is 6.42 Å². The molecule has 3 aliphatic rings. The van der Waals surface area contributed by atoms with Crippen LogP contribution in [0.2, 0.25) is 0 Å². The van der Waals surface area contributed by atoms with Crippen LogP contribution in [-0.4, -0.2) is 78.4 Å². The maximum Gasteiger partial charge on any atom is 0.236 e. The molecule has 0 radical (unpaired) electrons. The fourth-order valence-corrected chi connectivity index (χ4v) is 4.27. The van der Waals surface area contributed by atoms with Gasteiger partial charge in [0.2, 0.25) is 11.8 Å². The first kappa shape index (κ1) is 23.5. The topological polar surface area (TPSA) is 69.9 Å². The third-order valence-electron chi connectivity index (χ3n) is 5.82. The molecule has 1 aliphatic carbocycles. The van der Waals surface area contributed by atoms with Crippen LogP contribution in [0.1, 0.15) is 44.9 Å². The summed E-state index contributed by atoms with van der Waals surface area (Å²) in [4.78, 5) is 31.2. The Morgan fingerprint density at radius 1 is 0.808 bits per heavy atom. The molecule has 2 aliphatic heterocycles. The quantitative estimate of drug-likeness (QED) is 0.767. The van der Waals surface area contributed by atoms with E-state index in [4.69, 9.17) is 5.73 Å². The molecule has 26 heavy (non-hydrogen) atoms. The standard InChI is InChI=1S/C18H32N4O2.2ClH/c19-16-6-4-5-15(13-16)18(24)22-11-9-20(10-12-22)14-17(23)21-7-2-1-3-8-21;;/h15-16H,1-14,19H2;2*1H.